The third kappa shape index (κ3) is 3.51. The number of halogens is 1. The molecule has 2 aliphatic heterocycles. The molecule has 4 nitrogen and oxygen atoms in total. The number of para-hydroxylation sites is 1. The van der Waals surface area contributed by atoms with E-state index < -0.39 is 0 Å². The number of anilines is 2. The van der Waals surface area contributed by atoms with Crippen LogP contribution in [0.15, 0.2) is 72.8 Å². The highest BCUT2D eigenvalue weighted by Gasteiger charge is 2.53. The van der Waals surface area contributed by atoms with Gasteiger partial charge in [-0.3, -0.25) is 4.79 Å². The standard InChI is InChI=1S/C31H32FN3O/c32-25-8-4-5-9-27(25)34-14-16-35(17-15-34)31(36)23-12-13-26-24(19-23)28-21-10-11-22(18-21)29(28)30(33-26)20-6-2-1-3-7-20/h1-9,12-13,19,21-22,28-30,33H,10-11,14-18H2/t21-,22+,28+,29+,30-/m1/s1. The first-order chi connectivity index (χ1) is 17.7. The summed E-state index contributed by atoms with van der Waals surface area (Å²) in [5.74, 6) is 2.49. The van der Waals surface area contributed by atoms with Crippen LogP contribution in [-0.4, -0.2) is 37.0 Å². The summed E-state index contributed by atoms with van der Waals surface area (Å²) in [6.45, 7) is 2.50. The van der Waals surface area contributed by atoms with E-state index in [1.54, 1.807) is 6.07 Å². The van der Waals surface area contributed by atoms with Crippen molar-refractivity contribution in [2.45, 2.75) is 31.2 Å². The summed E-state index contributed by atoms with van der Waals surface area (Å²) in [5, 5.41) is 3.88. The van der Waals surface area contributed by atoms with Crippen LogP contribution in [0.25, 0.3) is 0 Å². The van der Waals surface area contributed by atoms with E-state index in [1.807, 2.05) is 28.0 Å². The molecule has 3 aromatic carbocycles. The van der Waals surface area contributed by atoms with Crippen molar-refractivity contribution in [2.24, 2.45) is 17.8 Å². The molecule has 0 aromatic heterocycles. The fourth-order valence-corrected chi connectivity index (χ4v) is 7.65. The fraction of sp³-hybridized carbons (Fsp3) is 0.387. The number of carbonyl (C=O) groups excluding carboxylic acids is 1. The van der Waals surface area contributed by atoms with Gasteiger partial charge in [0.05, 0.1) is 11.7 Å². The van der Waals surface area contributed by atoms with Gasteiger partial charge >= 0.3 is 0 Å². The first-order valence-electron chi connectivity index (χ1n) is 13.4. The lowest BCUT2D eigenvalue weighted by molar-refractivity contribution is 0.0746. The SMILES string of the molecule is O=C(c1ccc2c(c1)[C@@H]1[C@@H]3CC[C@@H](C3)[C@@H]1[C@@H](c1ccccc1)N2)N1CCN(c2ccccc2F)CC1. The summed E-state index contributed by atoms with van der Waals surface area (Å²) < 4.78 is 14.2. The van der Waals surface area contributed by atoms with E-state index in [0.717, 1.165) is 17.4 Å². The molecule has 2 aliphatic carbocycles. The fourth-order valence-electron chi connectivity index (χ4n) is 7.65. The van der Waals surface area contributed by atoms with Crippen molar-refractivity contribution in [3.05, 3.63) is 95.3 Å². The van der Waals surface area contributed by atoms with Crippen LogP contribution in [-0.2, 0) is 0 Å². The highest BCUT2D eigenvalue weighted by molar-refractivity contribution is 5.95. The summed E-state index contributed by atoms with van der Waals surface area (Å²) in [5.41, 5.74) is 5.32. The van der Waals surface area contributed by atoms with Gasteiger partial charge in [-0.05, 0) is 84.4 Å². The molecule has 1 N–H and O–H groups in total. The van der Waals surface area contributed by atoms with Crippen LogP contribution >= 0.6 is 0 Å². The lowest BCUT2D eigenvalue weighted by Crippen LogP contribution is -2.49. The zero-order valence-electron chi connectivity index (χ0n) is 20.4. The van der Waals surface area contributed by atoms with Crippen molar-refractivity contribution >= 4 is 17.3 Å². The predicted octanol–water partition coefficient (Wildman–Crippen LogP) is 6.08. The van der Waals surface area contributed by atoms with Gasteiger partial charge in [-0.2, -0.15) is 0 Å². The van der Waals surface area contributed by atoms with Crippen LogP contribution in [0.5, 0.6) is 0 Å². The molecule has 1 amide bonds. The second kappa shape index (κ2) is 8.65. The lowest BCUT2D eigenvalue weighted by Gasteiger charge is -2.44. The average molecular weight is 482 g/mol. The zero-order chi connectivity index (χ0) is 24.2. The Balaban J connectivity index is 1.14. The van der Waals surface area contributed by atoms with Crippen molar-refractivity contribution in [1.82, 2.24) is 4.90 Å². The number of nitrogens with zero attached hydrogens (tertiary/aromatic N) is 2. The Morgan fingerprint density at radius 2 is 1.61 bits per heavy atom. The average Bonchev–Trinajstić information content (AvgIpc) is 3.56. The maximum absolute atomic E-state index is 14.2. The third-order valence-corrected chi connectivity index (χ3v) is 9.25. The number of hydrogen-bond donors (Lipinski definition) is 1. The molecular formula is C31H32FN3O. The smallest absolute Gasteiger partial charge is 0.253 e. The summed E-state index contributed by atoms with van der Waals surface area (Å²) >= 11 is 0. The molecule has 2 heterocycles. The quantitative estimate of drug-likeness (QED) is 0.492. The van der Waals surface area contributed by atoms with Crippen LogP contribution in [0.3, 0.4) is 0 Å². The van der Waals surface area contributed by atoms with Gasteiger partial charge in [0.15, 0.2) is 0 Å². The third-order valence-electron chi connectivity index (χ3n) is 9.25. The molecule has 5 heteroatoms. The topological polar surface area (TPSA) is 35.6 Å². The van der Waals surface area contributed by atoms with E-state index in [2.05, 4.69) is 47.8 Å². The van der Waals surface area contributed by atoms with E-state index in [0.29, 0.717) is 49.7 Å². The second-order valence-corrected chi connectivity index (χ2v) is 11.0. The minimum absolute atomic E-state index is 0.0934. The van der Waals surface area contributed by atoms with Crippen molar-refractivity contribution in [1.29, 1.82) is 0 Å². The molecule has 3 aromatic rings. The first-order valence-corrected chi connectivity index (χ1v) is 13.4. The highest BCUT2D eigenvalue weighted by Crippen LogP contribution is 2.63. The van der Waals surface area contributed by atoms with E-state index in [1.165, 1.54) is 42.1 Å². The Morgan fingerprint density at radius 3 is 2.42 bits per heavy atom. The zero-order valence-corrected chi connectivity index (χ0v) is 20.4. The van der Waals surface area contributed by atoms with Crippen molar-refractivity contribution in [2.75, 3.05) is 36.4 Å². The van der Waals surface area contributed by atoms with Crippen LogP contribution in [0, 0.1) is 23.6 Å². The van der Waals surface area contributed by atoms with Gasteiger partial charge in [0, 0.05) is 37.4 Å². The Morgan fingerprint density at radius 1 is 0.861 bits per heavy atom. The molecule has 0 unspecified atom stereocenters. The van der Waals surface area contributed by atoms with E-state index in [9.17, 15) is 9.18 Å². The number of amides is 1. The number of fused-ring (bicyclic) bond motifs is 7. The number of carbonyl (C=O) groups is 1. The van der Waals surface area contributed by atoms with E-state index >= 15 is 0 Å². The molecule has 4 aliphatic rings. The molecular weight excluding hydrogens is 449 g/mol. The minimum Gasteiger partial charge on any atom is -0.378 e. The van der Waals surface area contributed by atoms with Gasteiger partial charge in [-0.15, -0.1) is 0 Å². The normalized spacial score (nSPS) is 28.4. The van der Waals surface area contributed by atoms with Gasteiger partial charge < -0.3 is 15.1 Å². The lowest BCUT2D eigenvalue weighted by atomic mass is 9.68. The molecule has 36 heavy (non-hydrogen) atoms. The van der Waals surface area contributed by atoms with Gasteiger partial charge in [-0.25, -0.2) is 4.39 Å². The van der Waals surface area contributed by atoms with Crippen LogP contribution in [0.1, 0.15) is 52.7 Å². The molecule has 2 bridgehead atoms. The summed E-state index contributed by atoms with van der Waals surface area (Å²) in [7, 11) is 0. The molecule has 0 spiro atoms. The predicted molar refractivity (Wildman–Crippen MR) is 141 cm³/mol. The monoisotopic (exact) mass is 481 g/mol. The molecule has 5 atom stereocenters. The summed E-state index contributed by atoms with van der Waals surface area (Å²) in [6, 6.07) is 24.4. The Hall–Kier alpha value is -3.34. The molecule has 1 saturated heterocycles. The number of benzene rings is 3. The van der Waals surface area contributed by atoms with Gasteiger partial charge in [-0.1, -0.05) is 42.5 Å². The van der Waals surface area contributed by atoms with Crippen molar-refractivity contribution in [3.63, 3.8) is 0 Å². The first kappa shape index (κ1) is 21.9. The van der Waals surface area contributed by atoms with E-state index in [-0.39, 0.29) is 11.7 Å². The van der Waals surface area contributed by atoms with Gasteiger partial charge in [0.25, 0.3) is 5.91 Å². The number of piperazine rings is 1. The largest absolute Gasteiger partial charge is 0.378 e. The molecule has 0 radical (unpaired) electrons. The molecule has 184 valence electrons. The molecule has 2 saturated carbocycles. The number of hydrogen-bond acceptors (Lipinski definition) is 3. The molecule has 3 fully saturated rings. The van der Waals surface area contributed by atoms with Crippen molar-refractivity contribution < 1.29 is 9.18 Å². The number of nitrogens with one attached hydrogen (secondary N) is 1. The van der Waals surface area contributed by atoms with Crippen LogP contribution in [0.2, 0.25) is 0 Å². The van der Waals surface area contributed by atoms with E-state index in [4.69, 9.17) is 0 Å². The number of rotatable bonds is 3. The van der Waals surface area contributed by atoms with Crippen molar-refractivity contribution in [3.8, 4) is 0 Å². The van der Waals surface area contributed by atoms with Crippen LogP contribution in [0.4, 0.5) is 15.8 Å². The summed E-state index contributed by atoms with van der Waals surface area (Å²) in [4.78, 5) is 17.5. The maximum atomic E-state index is 14.2. The second-order valence-electron chi connectivity index (χ2n) is 11.0. The van der Waals surface area contributed by atoms with Gasteiger partial charge in [0.2, 0.25) is 0 Å². The molecule has 7 rings (SSSR count). The minimum atomic E-state index is -0.200. The Labute approximate surface area is 212 Å². The Kier molecular flexibility index (Phi) is 5.26. The summed E-state index contributed by atoms with van der Waals surface area (Å²) in [6.07, 6.45) is 3.95. The van der Waals surface area contributed by atoms with Crippen LogP contribution < -0.4 is 10.2 Å². The highest BCUT2D eigenvalue weighted by atomic mass is 19.1. The Bertz CT molecular complexity index is 1290. The van der Waals surface area contributed by atoms with Gasteiger partial charge in [0.1, 0.15) is 5.82 Å². The maximum Gasteiger partial charge on any atom is 0.253 e.